The van der Waals surface area contributed by atoms with Crippen LogP contribution in [0.25, 0.3) is 0 Å². The molecule has 1 atom stereocenters. The molecular weight excluding hydrogens is 332 g/mol. The molecule has 1 saturated heterocycles. The van der Waals surface area contributed by atoms with E-state index in [2.05, 4.69) is 24.1 Å². The number of hydrogen-bond acceptors (Lipinski definition) is 5. The molecule has 1 aromatic carbocycles. The second-order valence-electron chi connectivity index (χ2n) is 6.87. The molecule has 3 N–H and O–H groups in total. The molecule has 0 unspecified atom stereocenters. The van der Waals surface area contributed by atoms with E-state index in [-0.39, 0.29) is 31.0 Å². The minimum absolute atomic E-state index is 0.0523. The van der Waals surface area contributed by atoms with Crippen LogP contribution in [-0.4, -0.2) is 62.1 Å². The highest BCUT2D eigenvalue weighted by molar-refractivity contribution is 5.97. The van der Waals surface area contributed by atoms with Crippen LogP contribution in [0.5, 0.6) is 0 Å². The van der Waals surface area contributed by atoms with Crippen molar-refractivity contribution in [3.63, 3.8) is 0 Å². The van der Waals surface area contributed by atoms with E-state index in [1.807, 2.05) is 31.2 Å². The Kier molecular flexibility index (Phi) is 7.56. The van der Waals surface area contributed by atoms with Crippen molar-refractivity contribution in [1.82, 2.24) is 4.90 Å². The summed E-state index contributed by atoms with van der Waals surface area (Å²) in [7, 11) is 0. The summed E-state index contributed by atoms with van der Waals surface area (Å²) in [5.41, 5.74) is 7.36. The van der Waals surface area contributed by atoms with Crippen LogP contribution in [0.2, 0.25) is 0 Å². The van der Waals surface area contributed by atoms with Crippen LogP contribution in [0.1, 0.15) is 20.8 Å². The number of nitrogens with zero attached hydrogens (tertiary/aromatic N) is 2. The van der Waals surface area contributed by atoms with Crippen molar-refractivity contribution < 1.29 is 14.3 Å². The van der Waals surface area contributed by atoms with Gasteiger partial charge in [0.1, 0.15) is 12.6 Å². The third-order valence-corrected chi connectivity index (χ3v) is 4.40. The summed E-state index contributed by atoms with van der Waals surface area (Å²) in [6.45, 7) is 9.33. The average molecular weight is 362 g/mol. The first-order valence-electron chi connectivity index (χ1n) is 9.19. The molecule has 1 heterocycles. The highest BCUT2D eigenvalue weighted by Crippen LogP contribution is 2.20. The zero-order valence-corrected chi connectivity index (χ0v) is 15.9. The molecular formula is C19H30N4O3. The summed E-state index contributed by atoms with van der Waals surface area (Å²) in [5.74, 6) is 0.302. The Morgan fingerprint density at radius 1 is 1.35 bits per heavy atom. The number of ether oxygens (including phenoxy) is 1. The number of morpholine rings is 1. The van der Waals surface area contributed by atoms with E-state index in [0.717, 1.165) is 18.8 Å². The molecule has 2 amide bonds. The van der Waals surface area contributed by atoms with E-state index in [0.29, 0.717) is 24.8 Å². The lowest BCUT2D eigenvalue weighted by atomic mass is 10.1. The molecule has 0 saturated carbocycles. The van der Waals surface area contributed by atoms with Crippen LogP contribution >= 0.6 is 0 Å². The Morgan fingerprint density at radius 3 is 2.58 bits per heavy atom. The molecule has 1 aliphatic rings. The van der Waals surface area contributed by atoms with Gasteiger partial charge in [0.15, 0.2) is 0 Å². The second kappa shape index (κ2) is 9.66. The predicted octanol–water partition coefficient (Wildman–Crippen LogP) is 1.29. The average Bonchev–Trinajstić information content (AvgIpc) is 2.62. The Balaban J connectivity index is 2.02. The standard InChI is InChI=1S/C19H30N4O3/c1-4-22(12-14(2)3)17(11-20)19(25)21-15-5-7-16(8-6-15)23-9-10-26-13-18(23)24/h5-8,14,17H,4,9-13,20H2,1-3H3,(H,21,25)/t17-/m1/s1. The van der Waals surface area contributed by atoms with Crippen molar-refractivity contribution in [2.24, 2.45) is 11.7 Å². The summed E-state index contributed by atoms with van der Waals surface area (Å²) in [5, 5.41) is 2.93. The lowest BCUT2D eigenvalue weighted by Gasteiger charge is -2.30. The summed E-state index contributed by atoms with van der Waals surface area (Å²) >= 11 is 0. The van der Waals surface area contributed by atoms with E-state index < -0.39 is 0 Å². The van der Waals surface area contributed by atoms with Crippen molar-refractivity contribution in [3.8, 4) is 0 Å². The quantitative estimate of drug-likeness (QED) is 0.728. The Bertz CT molecular complexity index is 603. The SMILES string of the molecule is CCN(CC(C)C)[C@H](CN)C(=O)Nc1ccc(N2CCOCC2=O)cc1. The molecule has 7 heteroatoms. The van der Waals surface area contributed by atoms with E-state index in [4.69, 9.17) is 10.5 Å². The molecule has 26 heavy (non-hydrogen) atoms. The van der Waals surface area contributed by atoms with Crippen molar-refractivity contribution in [2.45, 2.75) is 26.8 Å². The molecule has 7 nitrogen and oxygen atoms in total. The van der Waals surface area contributed by atoms with Gasteiger partial charge in [-0.1, -0.05) is 20.8 Å². The number of anilines is 2. The fourth-order valence-electron chi connectivity index (χ4n) is 3.11. The summed E-state index contributed by atoms with van der Waals surface area (Å²) < 4.78 is 5.14. The van der Waals surface area contributed by atoms with Crippen molar-refractivity contribution >= 4 is 23.2 Å². The van der Waals surface area contributed by atoms with Crippen LogP contribution in [0.15, 0.2) is 24.3 Å². The highest BCUT2D eigenvalue weighted by Gasteiger charge is 2.24. The van der Waals surface area contributed by atoms with Gasteiger partial charge in [0.2, 0.25) is 5.91 Å². The smallest absolute Gasteiger partial charge is 0.253 e. The largest absolute Gasteiger partial charge is 0.370 e. The maximum Gasteiger partial charge on any atom is 0.253 e. The minimum Gasteiger partial charge on any atom is -0.370 e. The molecule has 0 bridgehead atoms. The van der Waals surface area contributed by atoms with Gasteiger partial charge in [0, 0.05) is 31.0 Å². The number of likely N-dealkylation sites (N-methyl/N-ethyl adjacent to an activating group) is 1. The fraction of sp³-hybridized carbons (Fsp3) is 0.579. The number of amides is 2. The molecule has 2 rings (SSSR count). The van der Waals surface area contributed by atoms with Crippen molar-refractivity contribution in [2.75, 3.05) is 49.6 Å². The Morgan fingerprint density at radius 2 is 2.04 bits per heavy atom. The number of carbonyl (C=O) groups is 2. The van der Waals surface area contributed by atoms with Crippen LogP contribution in [0.3, 0.4) is 0 Å². The molecule has 144 valence electrons. The minimum atomic E-state index is -0.358. The van der Waals surface area contributed by atoms with Crippen LogP contribution < -0.4 is 16.0 Å². The van der Waals surface area contributed by atoms with Gasteiger partial charge in [-0.3, -0.25) is 14.5 Å². The molecule has 1 fully saturated rings. The van der Waals surface area contributed by atoms with Gasteiger partial charge in [0.25, 0.3) is 5.91 Å². The third-order valence-electron chi connectivity index (χ3n) is 4.40. The molecule has 0 aliphatic carbocycles. The van der Waals surface area contributed by atoms with Crippen LogP contribution in [0.4, 0.5) is 11.4 Å². The highest BCUT2D eigenvalue weighted by atomic mass is 16.5. The zero-order chi connectivity index (χ0) is 19.1. The van der Waals surface area contributed by atoms with Gasteiger partial charge in [-0.2, -0.15) is 0 Å². The maximum absolute atomic E-state index is 12.7. The second-order valence-corrected chi connectivity index (χ2v) is 6.87. The van der Waals surface area contributed by atoms with Gasteiger partial charge in [-0.15, -0.1) is 0 Å². The van der Waals surface area contributed by atoms with Crippen LogP contribution in [-0.2, 0) is 14.3 Å². The van der Waals surface area contributed by atoms with Gasteiger partial charge >= 0.3 is 0 Å². The first-order chi connectivity index (χ1) is 12.5. The molecule has 0 radical (unpaired) electrons. The van der Waals surface area contributed by atoms with E-state index in [1.165, 1.54) is 0 Å². The van der Waals surface area contributed by atoms with Crippen LogP contribution in [0, 0.1) is 5.92 Å². The Labute approximate surface area is 155 Å². The van der Waals surface area contributed by atoms with Gasteiger partial charge in [-0.05, 0) is 36.7 Å². The molecule has 0 spiro atoms. The van der Waals surface area contributed by atoms with E-state index in [9.17, 15) is 9.59 Å². The molecule has 1 aliphatic heterocycles. The topological polar surface area (TPSA) is 87.9 Å². The molecule has 1 aromatic rings. The predicted molar refractivity (Wildman–Crippen MR) is 103 cm³/mol. The van der Waals surface area contributed by atoms with Gasteiger partial charge in [-0.25, -0.2) is 0 Å². The summed E-state index contributed by atoms with van der Waals surface area (Å²) in [6.07, 6.45) is 0. The monoisotopic (exact) mass is 362 g/mol. The normalized spacial score (nSPS) is 16.2. The third kappa shape index (κ3) is 5.27. The Hall–Kier alpha value is -1.96. The number of benzene rings is 1. The van der Waals surface area contributed by atoms with E-state index >= 15 is 0 Å². The number of nitrogens with one attached hydrogen (secondary N) is 1. The van der Waals surface area contributed by atoms with Gasteiger partial charge < -0.3 is 20.7 Å². The summed E-state index contributed by atoms with van der Waals surface area (Å²) in [6, 6.07) is 6.93. The van der Waals surface area contributed by atoms with E-state index in [1.54, 1.807) is 4.90 Å². The van der Waals surface area contributed by atoms with Gasteiger partial charge in [0.05, 0.1) is 6.61 Å². The van der Waals surface area contributed by atoms with Crippen molar-refractivity contribution in [3.05, 3.63) is 24.3 Å². The first kappa shape index (κ1) is 20.4. The summed E-state index contributed by atoms with van der Waals surface area (Å²) in [4.78, 5) is 28.3. The number of nitrogens with two attached hydrogens (primary N) is 1. The number of carbonyl (C=O) groups excluding carboxylic acids is 2. The first-order valence-corrected chi connectivity index (χ1v) is 9.19. The lowest BCUT2D eigenvalue weighted by molar-refractivity contribution is -0.125. The fourth-order valence-corrected chi connectivity index (χ4v) is 3.11. The zero-order valence-electron chi connectivity index (χ0n) is 15.9. The number of rotatable bonds is 8. The lowest BCUT2D eigenvalue weighted by Crippen LogP contribution is -2.49. The maximum atomic E-state index is 12.7. The number of hydrogen-bond donors (Lipinski definition) is 2. The van der Waals surface area contributed by atoms with Crippen molar-refractivity contribution in [1.29, 1.82) is 0 Å². The molecule has 0 aromatic heterocycles.